The molecule has 4 aromatic heterocycles. The van der Waals surface area contributed by atoms with Crippen LogP contribution < -0.4 is 5.32 Å². The van der Waals surface area contributed by atoms with Crippen LogP contribution >= 0.6 is 0 Å². The van der Waals surface area contributed by atoms with Crippen LogP contribution in [0.5, 0.6) is 0 Å². The van der Waals surface area contributed by atoms with Gasteiger partial charge in [-0.3, -0.25) is 4.79 Å². The van der Waals surface area contributed by atoms with Gasteiger partial charge in [0.1, 0.15) is 17.7 Å². The topological polar surface area (TPSA) is 135 Å². The van der Waals surface area contributed by atoms with Crippen molar-refractivity contribution in [3.63, 3.8) is 0 Å². The average Bonchev–Trinajstić information content (AvgIpc) is 3.42. The van der Waals surface area contributed by atoms with Crippen LogP contribution in [0.15, 0.2) is 40.5 Å². The monoisotopic (exact) mass is 434 g/mol. The number of aromatic amines is 1. The van der Waals surface area contributed by atoms with Crippen molar-refractivity contribution in [2.45, 2.75) is 38.6 Å². The van der Waals surface area contributed by atoms with E-state index in [0.717, 1.165) is 30.1 Å². The van der Waals surface area contributed by atoms with Crippen LogP contribution in [0.25, 0.3) is 22.4 Å². The van der Waals surface area contributed by atoms with E-state index in [4.69, 9.17) is 4.52 Å². The number of nitrogens with zero attached hydrogens (tertiary/aromatic N) is 6. The molecule has 0 radical (unpaired) electrons. The van der Waals surface area contributed by atoms with E-state index in [-0.39, 0.29) is 23.5 Å². The fraction of sp³-hybridized carbons (Fsp3) is 0.286. The maximum atomic E-state index is 14.5. The third kappa shape index (κ3) is 3.96. The lowest BCUT2D eigenvalue weighted by Crippen LogP contribution is -2.38. The van der Waals surface area contributed by atoms with E-state index in [2.05, 4.69) is 40.4 Å². The van der Waals surface area contributed by atoms with E-state index < -0.39 is 5.82 Å². The Bertz CT molecular complexity index is 1330. The van der Waals surface area contributed by atoms with Gasteiger partial charge < -0.3 is 14.8 Å². The van der Waals surface area contributed by atoms with Gasteiger partial charge in [-0.1, -0.05) is 5.16 Å². The van der Waals surface area contributed by atoms with Gasteiger partial charge in [0.15, 0.2) is 23.2 Å². The maximum absolute atomic E-state index is 14.5. The third-order valence-corrected chi connectivity index (χ3v) is 5.28. The molecule has 1 atom stereocenters. The van der Waals surface area contributed by atoms with Crippen molar-refractivity contribution >= 4 is 28.5 Å². The highest BCUT2D eigenvalue weighted by Crippen LogP contribution is 2.27. The number of hydrogen-bond donors (Lipinski definition) is 2. The van der Waals surface area contributed by atoms with Gasteiger partial charge in [-0.05, 0) is 26.2 Å². The van der Waals surface area contributed by atoms with Crippen LogP contribution in [-0.2, 0) is 0 Å². The number of aromatic nitrogens is 6. The number of fused-ring (bicyclic) bond motifs is 1. The predicted octanol–water partition coefficient (Wildman–Crippen LogP) is 3.30. The average molecular weight is 434 g/mol. The lowest BCUT2D eigenvalue weighted by Gasteiger charge is -2.24. The summed E-state index contributed by atoms with van der Waals surface area (Å²) < 4.78 is 19.4. The Morgan fingerprint density at radius 1 is 1.34 bits per heavy atom. The first kappa shape index (κ1) is 19.9. The summed E-state index contributed by atoms with van der Waals surface area (Å²) >= 11 is 0. The first-order chi connectivity index (χ1) is 15.6. The van der Waals surface area contributed by atoms with Crippen molar-refractivity contribution in [2.24, 2.45) is 4.99 Å². The highest BCUT2D eigenvalue weighted by molar-refractivity contribution is 5.94. The number of rotatable bonds is 4. The Labute approximate surface area is 181 Å². The molecule has 11 heteroatoms. The van der Waals surface area contributed by atoms with Gasteiger partial charge in [-0.15, -0.1) is 0 Å². The smallest absolute Gasteiger partial charge is 0.273 e. The molecule has 10 nitrogen and oxygen atoms in total. The van der Waals surface area contributed by atoms with Crippen LogP contribution in [0.2, 0.25) is 0 Å². The zero-order valence-electron chi connectivity index (χ0n) is 17.2. The van der Waals surface area contributed by atoms with E-state index in [1.807, 2.05) is 0 Å². The second-order valence-electron chi connectivity index (χ2n) is 7.62. The highest BCUT2D eigenvalue weighted by atomic mass is 19.1. The Kier molecular flexibility index (Phi) is 5.13. The molecule has 2 N–H and O–H groups in total. The van der Waals surface area contributed by atoms with E-state index >= 15 is 0 Å². The standard InChI is InChI=1S/C21H19FN8O2/c1-11-5-17(30-32-11)21(31)28-13-4-2-3-12(6-13)27-20-16(22)9-25-19(29-20)15-8-24-18-14(15)7-23-10-26-18/h5,7-10,13H,2-4,6H2,1H3,(H,28,31)(H,23,24,26)/t13-/m1/s1. The summed E-state index contributed by atoms with van der Waals surface area (Å²) in [5.74, 6) is -0.0475. The lowest BCUT2D eigenvalue weighted by molar-refractivity contribution is 0.0925. The number of hydrogen-bond acceptors (Lipinski definition) is 8. The fourth-order valence-electron chi connectivity index (χ4n) is 3.76. The van der Waals surface area contributed by atoms with Crippen molar-refractivity contribution < 1.29 is 13.7 Å². The van der Waals surface area contributed by atoms with Gasteiger partial charge in [-0.2, -0.15) is 0 Å². The van der Waals surface area contributed by atoms with E-state index in [9.17, 15) is 9.18 Å². The number of nitrogens with one attached hydrogen (secondary N) is 2. The number of H-pyrrole nitrogens is 1. The molecule has 32 heavy (non-hydrogen) atoms. The van der Waals surface area contributed by atoms with E-state index in [1.54, 1.807) is 25.4 Å². The quantitative estimate of drug-likeness (QED) is 0.503. The van der Waals surface area contributed by atoms with Gasteiger partial charge in [0.2, 0.25) is 0 Å². The highest BCUT2D eigenvalue weighted by Gasteiger charge is 2.23. The molecule has 162 valence electrons. The Balaban J connectivity index is 1.37. The molecular weight excluding hydrogens is 415 g/mol. The minimum Gasteiger partial charge on any atom is -0.361 e. The fourth-order valence-corrected chi connectivity index (χ4v) is 3.76. The second kappa shape index (κ2) is 8.25. The zero-order chi connectivity index (χ0) is 22.1. The van der Waals surface area contributed by atoms with Gasteiger partial charge in [0, 0.05) is 47.6 Å². The van der Waals surface area contributed by atoms with Crippen molar-refractivity contribution in [1.29, 1.82) is 0 Å². The summed E-state index contributed by atoms with van der Waals surface area (Å²) in [5.41, 5.74) is 2.31. The molecule has 1 fully saturated rings. The zero-order valence-corrected chi connectivity index (χ0v) is 17.2. The number of amides is 1. The molecule has 1 aliphatic rings. The van der Waals surface area contributed by atoms with Crippen molar-refractivity contribution in [3.8, 4) is 11.4 Å². The molecule has 0 spiro atoms. The van der Waals surface area contributed by atoms with Crippen LogP contribution in [0.4, 0.5) is 10.2 Å². The Morgan fingerprint density at radius 2 is 2.25 bits per heavy atom. The first-order valence-electron chi connectivity index (χ1n) is 10.2. The first-order valence-corrected chi connectivity index (χ1v) is 10.2. The van der Waals surface area contributed by atoms with Crippen LogP contribution in [0, 0.1) is 12.7 Å². The summed E-state index contributed by atoms with van der Waals surface area (Å²) in [7, 11) is 0. The number of carbonyl (C=O) groups excluding carboxylic acids is 1. The predicted molar refractivity (Wildman–Crippen MR) is 113 cm³/mol. The maximum Gasteiger partial charge on any atom is 0.273 e. The van der Waals surface area contributed by atoms with Crippen molar-refractivity contribution in [3.05, 3.63) is 48.3 Å². The number of carbonyl (C=O) groups is 1. The Morgan fingerprint density at radius 3 is 3.09 bits per heavy atom. The lowest BCUT2D eigenvalue weighted by atomic mass is 9.93. The molecule has 1 amide bonds. The summed E-state index contributed by atoms with van der Waals surface area (Å²) in [6.07, 6.45) is 8.73. The van der Waals surface area contributed by atoms with Crippen molar-refractivity contribution in [2.75, 3.05) is 0 Å². The third-order valence-electron chi connectivity index (χ3n) is 5.28. The molecule has 0 aliphatic heterocycles. The molecule has 0 saturated heterocycles. The summed E-state index contributed by atoms with van der Waals surface area (Å²) in [6, 6.07) is 1.46. The van der Waals surface area contributed by atoms with E-state index in [0.29, 0.717) is 35.6 Å². The van der Waals surface area contributed by atoms with Gasteiger partial charge >= 0.3 is 0 Å². The van der Waals surface area contributed by atoms with Crippen LogP contribution in [0.1, 0.15) is 41.9 Å². The summed E-state index contributed by atoms with van der Waals surface area (Å²) in [6.45, 7) is 1.73. The molecular formula is C21H19FN8O2. The minimum atomic E-state index is -0.610. The molecule has 0 unspecified atom stereocenters. The molecule has 0 aromatic carbocycles. The molecule has 1 saturated carbocycles. The summed E-state index contributed by atoms with van der Waals surface area (Å²) in [4.78, 5) is 36.5. The molecule has 1 aliphatic carbocycles. The van der Waals surface area contributed by atoms with Gasteiger partial charge in [0.25, 0.3) is 5.91 Å². The van der Waals surface area contributed by atoms with Crippen molar-refractivity contribution in [1.82, 2.24) is 35.4 Å². The second-order valence-corrected chi connectivity index (χ2v) is 7.62. The van der Waals surface area contributed by atoms with Crippen LogP contribution in [0.3, 0.4) is 0 Å². The number of halogens is 1. The summed E-state index contributed by atoms with van der Waals surface area (Å²) in [5, 5.41) is 7.42. The van der Waals surface area contributed by atoms with Crippen LogP contribution in [-0.4, -0.2) is 47.7 Å². The van der Waals surface area contributed by atoms with Gasteiger partial charge in [0.05, 0.1) is 6.20 Å². The SMILES string of the molecule is Cc1cc(C(=O)N[C@@H]2CCCC(=Nc3nc(-c4c[nH]c5ncncc45)ncc3F)C2)no1. The molecule has 0 bridgehead atoms. The van der Waals surface area contributed by atoms with E-state index in [1.165, 1.54) is 6.33 Å². The number of aryl methyl sites for hydroxylation is 1. The Hall–Kier alpha value is -4.02. The number of aliphatic imine (C=N–C) groups is 1. The molecule has 4 aromatic rings. The minimum absolute atomic E-state index is 0.0321. The normalized spacial score (nSPS) is 17.7. The van der Waals surface area contributed by atoms with Gasteiger partial charge in [-0.25, -0.2) is 29.3 Å². The molecule has 5 rings (SSSR count). The molecule has 4 heterocycles. The largest absolute Gasteiger partial charge is 0.361 e.